The largest absolute Gasteiger partial charge is 0.338 e. The van der Waals surface area contributed by atoms with Gasteiger partial charge in [0.15, 0.2) is 0 Å². The Hall–Kier alpha value is -1.35. The quantitative estimate of drug-likeness (QED) is 0.903. The highest BCUT2D eigenvalue weighted by Gasteiger charge is 2.23. The number of carbonyl (C=O) groups excluding carboxylic acids is 1. The van der Waals surface area contributed by atoms with E-state index in [1.165, 1.54) is 18.4 Å². The number of aryl methyl sites for hydroxylation is 1. The van der Waals surface area contributed by atoms with Gasteiger partial charge in [-0.25, -0.2) is 0 Å². The van der Waals surface area contributed by atoms with Crippen LogP contribution in [0.25, 0.3) is 0 Å². The third-order valence-corrected chi connectivity index (χ3v) is 3.94. The molecule has 0 spiro atoms. The van der Waals surface area contributed by atoms with Gasteiger partial charge in [-0.3, -0.25) is 4.79 Å². The van der Waals surface area contributed by atoms with Crippen LogP contribution < -0.4 is 5.73 Å². The molecule has 1 fully saturated rings. The molecule has 1 unspecified atom stereocenters. The highest BCUT2D eigenvalue weighted by molar-refractivity contribution is 5.76. The second-order valence-electron chi connectivity index (χ2n) is 5.31. The summed E-state index contributed by atoms with van der Waals surface area (Å²) in [5.74, 6) is 0.265. The Morgan fingerprint density at radius 2 is 2.00 bits per heavy atom. The second-order valence-corrected chi connectivity index (χ2v) is 5.31. The zero-order valence-electron chi connectivity index (χ0n) is 11.6. The lowest BCUT2D eigenvalue weighted by Gasteiger charge is -2.29. The van der Waals surface area contributed by atoms with Gasteiger partial charge in [0, 0.05) is 25.6 Å². The summed E-state index contributed by atoms with van der Waals surface area (Å²) in [6.07, 6.45) is 6.03. The van der Waals surface area contributed by atoms with E-state index in [9.17, 15) is 4.79 Å². The summed E-state index contributed by atoms with van der Waals surface area (Å²) in [7, 11) is 0. The standard InChI is InChI=1S/C16H24N2O/c17-13-15-9-5-2-6-12-18(15)16(19)11-10-14-7-3-1-4-8-14/h1,3-4,7-8,15H,2,5-6,9-13,17H2. The first-order valence-corrected chi connectivity index (χ1v) is 7.34. The summed E-state index contributed by atoms with van der Waals surface area (Å²) in [6, 6.07) is 10.5. The zero-order chi connectivity index (χ0) is 13.5. The molecule has 0 saturated carbocycles. The Morgan fingerprint density at radius 3 is 2.74 bits per heavy atom. The number of hydrogen-bond acceptors (Lipinski definition) is 2. The monoisotopic (exact) mass is 260 g/mol. The molecule has 0 aliphatic carbocycles. The molecule has 3 heteroatoms. The molecular weight excluding hydrogens is 236 g/mol. The van der Waals surface area contributed by atoms with Crippen LogP contribution in [0.4, 0.5) is 0 Å². The number of nitrogens with two attached hydrogens (primary N) is 1. The number of hydrogen-bond donors (Lipinski definition) is 1. The van der Waals surface area contributed by atoms with E-state index in [1.807, 2.05) is 23.1 Å². The third kappa shape index (κ3) is 4.06. The van der Waals surface area contributed by atoms with E-state index in [1.54, 1.807) is 0 Å². The maximum atomic E-state index is 12.4. The molecule has 3 nitrogen and oxygen atoms in total. The van der Waals surface area contributed by atoms with Crippen LogP contribution in [0.1, 0.15) is 37.7 Å². The van der Waals surface area contributed by atoms with Gasteiger partial charge in [0.05, 0.1) is 0 Å². The minimum atomic E-state index is 0.255. The van der Waals surface area contributed by atoms with Crippen molar-refractivity contribution in [3.63, 3.8) is 0 Å². The van der Waals surface area contributed by atoms with Crippen molar-refractivity contribution in [3.05, 3.63) is 35.9 Å². The lowest BCUT2D eigenvalue weighted by molar-refractivity contribution is -0.133. The molecule has 1 aliphatic heterocycles. The smallest absolute Gasteiger partial charge is 0.223 e. The maximum Gasteiger partial charge on any atom is 0.223 e. The highest BCUT2D eigenvalue weighted by Crippen LogP contribution is 2.17. The predicted molar refractivity (Wildman–Crippen MR) is 77.8 cm³/mol. The number of benzene rings is 1. The number of rotatable bonds is 4. The van der Waals surface area contributed by atoms with Crippen LogP contribution in [-0.2, 0) is 11.2 Å². The molecule has 19 heavy (non-hydrogen) atoms. The Balaban J connectivity index is 1.90. The fraction of sp³-hybridized carbons (Fsp3) is 0.562. The van der Waals surface area contributed by atoms with Gasteiger partial charge >= 0.3 is 0 Å². The van der Waals surface area contributed by atoms with Crippen LogP contribution in [-0.4, -0.2) is 29.9 Å². The van der Waals surface area contributed by atoms with Crippen LogP contribution in [0, 0.1) is 0 Å². The summed E-state index contributed by atoms with van der Waals surface area (Å²) in [5, 5.41) is 0. The molecule has 1 heterocycles. The van der Waals surface area contributed by atoms with Crippen molar-refractivity contribution in [3.8, 4) is 0 Å². The van der Waals surface area contributed by atoms with Gasteiger partial charge < -0.3 is 10.6 Å². The van der Waals surface area contributed by atoms with Crippen molar-refractivity contribution in [2.75, 3.05) is 13.1 Å². The fourth-order valence-electron chi connectivity index (χ4n) is 2.79. The highest BCUT2D eigenvalue weighted by atomic mass is 16.2. The van der Waals surface area contributed by atoms with Gasteiger partial charge in [0.1, 0.15) is 0 Å². The SMILES string of the molecule is NCC1CCCCCN1C(=O)CCc1ccccc1. The summed E-state index contributed by atoms with van der Waals surface area (Å²) >= 11 is 0. The van der Waals surface area contributed by atoms with E-state index in [4.69, 9.17) is 5.73 Å². The molecule has 2 N–H and O–H groups in total. The molecule has 1 atom stereocenters. The third-order valence-electron chi connectivity index (χ3n) is 3.94. The van der Waals surface area contributed by atoms with Crippen LogP contribution >= 0.6 is 0 Å². The Kier molecular flexibility index (Phi) is 5.40. The minimum absolute atomic E-state index is 0.255. The van der Waals surface area contributed by atoms with Gasteiger partial charge in [0.2, 0.25) is 5.91 Å². The van der Waals surface area contributed by atoms with Crippen molar-refractivity contribution in [2.24, 2.45) is 5.73 Å². The van der Waals surface area contributed by atoms with Gasteiger partial charge in [-0.05, 0) is 24.8 Å². The van der Waals surface area contributed by atoms with Crippen LogP contribution in [0.5, 0.6) is 0 Å². The molecule has 1 saturated heterocycles. The average Bonchev–Trinajstić information content (AvgIpc) is 2.71. The normalized spacial score (nSPS) is 20.1. The summed E-state index contributed by atoms with van der Waals surface area (Å²) < 4.78 is 0. The van der Waals surface area contributed by atoms with E-state index >= 15 is 0 Å². The van der Waals surface area contributed by atoms with E-state index < -0.39 is 0 Å². The molecule has 0 aromatic heterocycles. The first-order chi connectivity index (χ1) is 9.31. The molecule has 1 aromatic carbocycles. The molecular formula is C16H24N2O. The number of likely N-dealkylation sites (tertiary alicyclic amines) is 1. The maximum absolute atomic E-state index is 12.4. The number of nitrogens with zero attached hydrogens (tertiary/aromatic N) is 1. The lowest BCUT2D eigenvalue weighted by Crippen LogP contribution is -2.44. The van der Waals surface area contributed by atoms with Crippen LogP contribution in [0.2, 0.25) is 0 Å². The van der Waals surface area contributed by atoms with E-state index in [-0.39, 0.29) is 11.9 Å². The van der Waals surface area contributed by atoms with Gasteiger partial charge in [0.25, 0.3) is 0 Å². The van der Waals surface area contributed by atoms with Crippen molar-refractivity contribution in [2.45, 2.75) is 44.6 Å². The topological polar surface area (TPSA) is 46.3 Å². The first-order valence-electron chi connectivity index (χ1n) is 7.34. The molecule has 0 radical (unpaired) electrons. The fourth-order valence-corrected chi connectivity index (χ4v) is 2.79. The number of amides is 1. The molecule has 0 bridgehead atoms. The summed E-state index contributed by atoms with van der Waals surface area (Å²) in [6.45, 7) is 1.48. The summed E-state index contributed by atoms with van der Waals surface area (Å²) in [5.41, 5.74) is 7.05. The van der Waals surface area contributed by atoms with Crippen molar-refractivity contribution in [1.29, 1.82) is 0 Å². The molecule has 2 rings (SSSR count). The molecule has 1 amide bonds. The Morgan fingerprint density at radius 1 is 1.21 bits per heavy atom. The zero-order valence-corrected chi connectivity index (χ0v) is 11.6. The van der Waals surface area contributed by atoms with Gasteiger partial charge in [-0.1, -0.05) is 43.2 Å². The summed E-state index contributed by atoms with van der Waals surface area (Å²) in [4.78, 5) is 14.4. The van der Waals surface area contributed by atoms with E-state index in [0.29, 0.717) is 13.0 Å². The minimum Gasteiger partial charge on any atom is -0.338 e. The van der Waals surface area contributed by atoms with Crippen molar-refractivity contribution in [1.82, 2.24) is 4.90 Å². The first kappa shape index (κ1) is 14.1. The Bertz CT molecular complexity index is 391. The van der Waals surface area contributed by atoms with E-state index in [2.05, 4.69) is 12.1 Å². The van der Waals surface area contributed by atoms with Crippen LogP contribution in [0.3, 0.4) is 0 Å². The molecule has 104 valence electrons. The second kappa shape index (κ2) is 7.29. The lowest BCUT2D eigenvalue weighted by atomic mass is 10.1. The van der Waals surface area contributed by atoms with Crippen molar-refractivity contribution < 1.29 is 4.79 Å². The molecule has 1 aromatic rings. The predicted octanol–water partition coefficient (Wildman–Crippen LogP) is 2.35. The Labute approximate surface area is 115 Å². The van der Waals surface area contributed by atoms with Gasteiger partial charge in [-0.15, -0.1) is 0 Å². The van der Waals surface area contributed by atoms with Crippen molar-refractivity contribution >= 4 is 5.91 Å². The molecule has 1 aliphatic rings. The van der Waals surface area contributed by atoms with E-state index in [0.717, 1.165) is 25.8 Å². The van der Waals surface area contributed by atoms with Crippen LogP contribution in [0.15, 0.2) is 30.3 Å². The average molecular weight is 260 g/mol. The van der Waals surface area contributed by atoms with Gasteiger partial charge in [-0.2, -0.15) is 0 Å². The number of carbonyl (C=O) groups is 1.